The van der Waals surface area contributed by atoms with Crippen LogP contribution in [0.4, 0.5) is 11.4 Å². The number of rotatable bonds is 6. The van der Waals surface area contributed by atoms with E-state index in [0.717, 1.165) is 53.8 Å². The summed E-state index contributed by atoms with van der Waals surface area (Å²) >= 11 is 0. The fraction of sp³-hybridized carbons (Fsp3) is 0.375. The van der Waals surface area contributed by atoms with E-state index in [9.17, 15) is 13.2 Å². The van der Waals surface area contributed by atoms with E-state index in [-0.39, 0.29) is 10.7 Å². The van der Waals surface area contributed by atoms with Gasteiger partial charge in [0.2, 0.25) is 0 Å². The third-order valence-corrected chi connectivity index (χ3v) is 7.66. The summed E-state index contributed by atoms with van der Waals surface area (Å²) in [6.45, 7) is 9.66. The van der Waals surface area contributed by atoms with Crippen molar-refractivity contribution in [3.63, 3.8) is 0 Å². The van der Waals surface area contributed by atoms with Gasteiger partial charge in [-0.2, -0.15) is 0 Å². The van der Waals surface area contributed by atoms with E-state index >= 15 is 0 Å². The SMILES string of the molecule is CCN(CC)c1ccc(NS(=O)(=O)c2cc3[nH]c4c(c3cc2C)C(=O)CCC4)c(C)c1. The number of ketones is 1. The zero-order valence-electron chi connectivity index (χ0n) is 18.5. The van der Waals surface area contributed by atoms with E-state index in [1.807, 2.05) is 31.2 Å². The topological polar surface area (TPSA) is 82.3 Å². The van der Waals surface area contributed by atoms with Crippen LogP contribution in [-0.4, -0.2) is 32.3 Å². The number of Topliss-reactive ketones (excluding diaryl/α,β-unsaturated/α-hetero) is 1. The minimum absolute atomic E-state index is 0.129. The van der Waals surface area contributed by atoms with E-state index in [1.54, 1.807) is 13.0 Å². The Morgan fingerprint density at radius 1 is 1.03 bits per heavy atom. The second-order valence-corrected chi connectivity index (χ2v) is 9.85. The summed E-state index contributed by atoms with van der Waals surface area (Å²) in [5.41, 5.74) is 5.46. The molecule has 0 fully saturated rings. The monoisotopic (exact) mass is 439 g/mol. The Labute approximate surface area is 183 Å². The van der Waals surface area contributed by atoms with Gasteiger partial charge < -0.3 is 9.88 Å². The number of fused-ring (bicyclic) bond motifs is 3. The number of carbonyl (C=O) groups is 1. The first-order valence-electron chi connectivity index (χ1n) is 10.8. The number of nitrogens with zero attached hydrogens (tertiary/aromatic N) is 1. The van der Waals surface area contributed by atoms with E-state index < -0.39 is 10.0 Å². The van der Waals surface area contributed by atoms with Crippen molar-refractivity contribution in [2.45, 2.75) is 51.9 Å². The van der Waals surface area contributed by atoms with Gasteiger partial charge in [0.05, 0.1) is 10.6 Å². The number of carbonyl (C=O) groups excluding carboxylic acids is 1. The maximum atomic E-state index is 13.3. The zero-order valence-corrected chi connectivity index (χ0v) is 19.3. The summed E-state index contributed by atoms with van der Waals surface area (Å²) < 4.78 is 29.3. The predicted molar refractivity (Wildman–Crippen MR) is 126 cm³/mol. The van der Waals surface area contributed by atoms with Crippen molar-refractivity contribution < 1.29 is 13.2 Å². The van der Waals surface area contributed by atoms with E-state index in [1.165, 1.54) is 0 Å². The molecule has 0 spiro atoms. The molecule has 164 valence electrons. The molecular formula is C24H29N3O3S. The highest BCUT2D eigenvalue weighted by atomic mass is 32.2. The second-order valence-electron chi connectivity index (χ2n) is 8.20. The zero-order chi connectivity index (χ0) is 22.3. The molecular weight excluding hydrogens is 410 g/mol. The maximum absolute atomic E-state index is 13.3. The van der Waals surface area contributed by atoms with Crippen LogP contribution < -0.4 is 9.62 Å². The normalized spacial score (nSPS) is 14.0. The fourth-order valence-corrected chi connectivity index (χ4v) is 5.86. The fourth-order valence-electron chi connectivity index (χ4n) is 4.48. The molecule has 0 amide bonds. The van der Waals surface area contributed by atoms with Crippen LogP contribution in [0, 0.1) is 13.8 Å². The summed E-state index contributed by atoms with van der Waals surface area (Å²) in [5.74, 6) is 0.129. The van der Waals surface area contributed by atoms with Crippen LogP contribution in [0.25, 0.3) is 10.9 Å². The van der Waals surface area contributed by atoms with Crippen LogP contribution in [0.5, 0.6) is 0 Å². The Morgan fingerprint density at radius 3 is 2.45 bits per heavy atom. The van der Waals surface area contributed by atoms with Gasteiger partial charge in [0.15, 0.2) is 5.78 Å². The number of benzene rings is 2. The van der Waals surface area contributed by atoms with Gasteiger partial charge in [0.1, 0.15) is 0 Å². The van der Waals surface area contributed by atoms with Gasteiger partial charge in [-0.25, -0.2) is 8.42 Å². The van der Waals surface area contributed by atoms with Crippen LogP contribution in [0.2, 0.25) is 0 Å². The Bertz CT molecular complexity index is 1270. The van der Waals surface area contributed by atoms with Crippen LogP contribution in [0.15, 0.2) is 35.2 Å². The Hall–Kier alpha value is -2.80. The molecule has 2 N–H and O–H groups in total. The summed E-state index contributed by atoms with van der Waals surface area (Å²) in [5, 5.41) is 0.816. The standard InChI is InChI=1S/C24H29N3O3S/c1-5-27(6-2)17-10-11-19(15(3)12-17)26-31(29,30)23-14-21-18(13-16(23)4)24-20(25-21)8-7-9-22(24)28/h10-14,25-26H,5-9H2,1-4H3. The highest BCUT2D eigenvalue weighted by Gasteiger charge is 2.25. The molecule has 7 heteroatoms. The lowest BCUT2D eigenvalue weighted by molar-refractivity contribution is 0.0974. The highest BCUT2D eigenvalue weighted by molar-refractivity contribution is 7.92. The molecule has 3 aromatic rings. The molecule has 31 heavy (non-hydrogen) atoms. The first-order valence-corrected chi connectivity index (χ1v) is 12.3. The Kier molecular flexibility index (Phi) is 5.56. The number of aromatic nitrogens is 1. The molecule has 0 saturated heterocycles. The molecule has 0 radical (unpaired) electrons. The van der Waals surface area contributed by atoms with Gasteiger partial charge in [-0.15, -0.1) is 0 Å². The molecule has 1 heterocycles. The first-order chi connectivity index (χ1) is 14.7. The average Bonchev–Trinajstić information content (AvgIpc) is 3.09. The van der Waals surface area contributed by atoms with Crippen LogP contribution in [-0.2, 0) is 16.4 Å². The molecule has 0 bridgehead atoms. The van der Waals surface area contributed by atoms with E-state index in [0.29, 0.717) is 23.2 Å². The molecule has 4 rings (SSSR count). The van der Waals surface area contributed by atoms with Gasteiger partial charge in [0.25, 0.3) is 10.0 Å². The molecule has 6 nitrogen and oxygen atoms in total. The number of aromatic amines is 1. The Balaban J connectivity index is 1.71. The second kappa shape index (κ2) is 8.04. The van der Waals surface area contributed by atoms with Gasteiger partial charge in [-0.1, -0.05) is 0 Å². The van der Waals surface area contributed by atoms with Crippen molar-refractivity contribution in [3.05, 3.63) is 52.7 Å². The van der Waals surface area contributed by atoms with Crippen LogP contribution in [0.1, 0.15) is 53.9 Å². The largest absolute Gasteiger partial charge is 0.372 e. The number of hydrogen-bond acceptors (Lipinski definition) is 4. The van der Waals surface area contributed by atoms with Gasteiger partial charge in [0, 0.05) is 47.4 Å². The number of anilines is 2. The summed E-state index contributed by atoms with van der Waals surface area (Å²) in [7, 11) is -3.79. The molecule has 0 unspecified atom stereocenters. The van der Waals surface area contributed by atoms with Crippen LogP contribution in [0.3, 0.4) is 0 Å². The molecule has 0 atom stereocenters. The highest BCUT2D eigenvalue weighted by Crippen LogP contribution is 2.33. The summed E-state index contributed by atoms with van der Waals surface area (Å²) in [4.78, 5) is 18.1. The van der Waals surface area contributed by atoms with Gasteiger partial charge >= 0.3 is 0 Å². The number of H-pyrrole nitrogens is 1. The minimum Gasteiger partial charge on any atom is -0.372 e. The van der Waals surface area contributed by atoms with Gasteiger partial charge in [-0.3, -0.25) is 9.52 Å². The molecule has 2 aromatic carbocycles. The minimum atomic E-state index is -3.79. The van der Waals surface area contributed by atoms with Crippen molar-refractivity contribution in [2.24, 2.45) is 0 Å². The predicted octanol–water partition coefficient (Wildman–Crippen LogP) is 4.95. The number of sulfonamides is 1. The number of aryl methyl sites for hydroxylation is 3. The number of nitrogens with one attached hydrogen (secondary N) is 2. The molecule has 1 aliphatic rings. The Morgan fingerprint density at radius 2 is 1.77 bits per heavy atom. The van der Waals surface area contributed by atoms with Crippen molar-refractivity contribution in [2.75, 3.05) is 22.7 Å². The van der Waals surface area contributed by atoms with Crippen molar-refractivity contribution >= 4 is 38.1 Å². The van der Waals surface area contributed by atoms with Crippen LogP contribution >= 0.6 is 0 Å². The lowest BCUT2D eigenvalue weighted by Crippen LogP contribution is -2.22. The number of hydrogen-bond donors (Lipinski definition) is 2. The quantitative estimate of drug-likeness (QED) is 0.569. The molecule has 1 aliphatic carbocycles. The lowest BCUT2D eigenvalue weighted by Gasteiger charge is -2.22. The third kappa shape index (κ3) is 3.82. The van der Waals surface area contributed by atoms with E-state index in [4.69, 9.17) is 0 Å². The first kappa shape index (κ1) is 21.4. The van der Waals surface area contributed by atoms with Gasteiger partial charge in [-0.05, 0) is 82.0 Å². The maximum Gasteiger partial charge on any atom is 0.262 e. The van der Waals surface area contributed by atoms with E-state index in [2.05, 4.69) is 28.5 Å². The molecule has 0 saturated carbocycles. The third-order valence-electron chi connectivity index (χ3n) is 6.15. The average molecular weight is 440 g/mol. The van der Waals surface area contributed by atoms with Crippen molar-refractivity contribution in [1.29, 1.82) is 0 Å². The van der Waals surface area contributed by atoms with Crippen molar-refractivity contribution in [1.82, 2.24) is 4.98 Å². The molecule has 1 aromatic heterocycles. The van der Waals surface area contributed by atoms with Crippen molar-refractivity contribution in [3.8, 4) is 0 Å². The summed E-state index contributed by atoms with van der Waals surface area (Å²) in [6.07, 6.45) is 2.18. The summed E-state index contributed by atoms with van der Waals surface area (Å²) in [6, 6.07) is 9.24. The molecule has 0 aliphatic heterocycles. The smallest absolute Gasteiger partial charge is 0.262 e. The lowest BCUT2D eigenvalue weighted by atomic mass is 9.94.